The number of pyridine rings is 1. The molecule has 1 N–H and O–H groups in total. The maximum Gasteiger partial charge on any atom is 0.254 e. The van der Waals surface area contributed by atoms with Gasteiger partial charge in [0.05, 0.1) is 0 Å². The molecular formula is C15H25N3O. The van der Waals surface area contributed by atoms with Crippen LogP contribution in [0.5, 0.6) is 0 Å². The molecule has 0 aliphatic carbocycles. The summed E-state index contributed by atoms with van der Waals surface area (Å²) < 4.78 is 0. The summed E-state index contributed by atoms with van der Waals surface area (Å²) in [6.07, 6.45) is 1.92. The van der Waals surface area contributed by atoms with E-state index in [4.69, 9.17) is 0 Å². The summed E-state index contributed by atoms with van der Waals surface area (Å²) in [4.78, 5) is 18.9. The lowest BCUT2D eigenvalue weighted by Gasteiger charge is -2.25. The minimum Gasteiger partial charge on any atom is -0.373 e. The molecule has 0 atom stereocenters. The summed E-state index contributed by atoms with van der Waals surface area (Å²) in [5.41, 5.74) is 1.69. The quantitative estimate of drug-likeness (QED) is 0.858. The Labute approximate surface area is 116 Å². The number of hydrogen-bond donors (Lipinski definition) is 1. The number of carbonyl (C=O) groups is 1. The number of aryl methyl sites for hydroxylation is 1. The van der Waals surface area contributed by atoms with E-state index in [9.17, 15) is 4.79 Å². The van der Waals surface area contributed by atoms with Crippen LogP contribution in [0.25, 0.3) is 0 Å². The maximum atomic E-state index is 12.5. The van der Waals surface area contributed by atoms with Crippen molar-refractivity contribution in [1.82, 2.24) is 9.88 Å². The van der Waals surface area contributed by atoms with E-state index in [0.717, 1.165) is 36.5 Å². The predicted molar refractivity (Wildman–Crippen MR) is 79.6 cm³/mol. The van der Waals surface area contributed by atoms with Crippen LogP contribution in [0.15, 0.2) is 12.1 Å². The lowest BCUT2D eigenvalue weighted by Crippen LogP contribution is -2.36. The van der Waals surface area contributed by atoms with Crippen LogP contribution in [-0.2, 0) is 6.42 Å². The molecule has 1 aromatic heterocycles. The van der Waals surface area contributed by atoms with E-state index < -0.39 is 0 Å². The molecule has 0 saturated carbocycles. The van der Waals surface area contributed by atoms with E-state index in [2.05, 4.69) is 17.2 Å². The average Bonchev–Trinajstić information content (AvgIpc) is 2.39. The molecule has 0 spiro atoms. The zero-order valence-electron chi connectivity index (χ0n) is 12.7. The van der Waals surface area contributed by atoms with Gasteiger partial charge < -0.3 is 10.2 Å². The molecule has 4 nitrogen and oxygen atoms in total. The zero-order chi connectivity index (χ0) is 14.4. The molecule has 1 aromatic rings. The van der Waals surface area contributed by atoms with Crippen molar-refractivity contribution < 1.29 is 4.79 Å². The fourth-order valence-corrected chi connectivity index (χ4v) is 2.13. The number of amides is 1. The Bertz CT molecular complexity index is 429. The van der Waals surface area contributed by atoms with Crippen molar-refractivity contribution >= 4 is 11.7 Å². The first-order valence-corrected chi connectivity index (χ1v) is 7.03. The van der Waals surface area contributed by atoms with Crippen LogP contribution < -0.4 is 5.32 Å². The molecule has 4 heteroatoms. The van der Waals surface area contributed by atoms with Gasteiger partial charge in [0, 0.05) is 30.9 Å². The van der Waals surface area contributed by atoms with Gasteiger partial charge in [0.2, 0.25) is 0 Å². The van der Waals surface area contributed by atoms with Crippen molar-refractivity contribution in [2.75, 3.05) is 18.9 Å². The SMILES string of the molecule is CCCc1cc(C(=O)N(CC)C(C)C)cc(NC)n1. The highest BCUT2D eigenvalue weighted by molar-refractivity contribution is 5.95. The molecule has 0 aliphatic heterocycles. The number of anilines is 1. The highest BCUT2D eigenvalue weighted by Gasteiger charge is 2.18. The Morgan fingerprint density at radius 3 is 2.53 bits per heavy atom. The lowest BCUT2D eigenvalue weighted by atomic mass is 10.1. The summed E-state index contributed by atoms with van der Waals surface area (Å²) in [6, 6.07) is 3.95. The molecule has 0 fully saturated rings. The standard InChI is InChI=1S/C15H25N3O/c1-6-8-13-9-12(10-14(16-5)17-13)15(19)18(7-2)11(3)4/h9-11H,6-8H2,1-5H3,(H,16,17). The zero-order valence-corrected chi connectivity index (χ0v) is 12.7. The smallest absolute Gasteiger partial charge is 0.254 e. The Morgan fingerprint density at radius 1 is 1.37 bits per heavy atom. The van der Waals surface area contributed by atoms with Crippen LogP contribution in [0.4, 0.5) is 5.82 Å². The van der Waals surface area contributed by atoms with E-state index in [1.54, 1.807) is 0 Å². The Hall–Kier alpha value is -1.58. The van der Waals surface area contributed by atoms with Crippen LogP contribution in [-0.4, -0.2) is 35.4 Å². The Kier molecular flexibility index (Phi) is 5.80. The summed E-state index contributed by atoms with van der Waals surface area (Å²) >= 11 is 0. The normalized spacial score (nSPS) is 10.6. The first-order valence-electron chi connectivity index (χ1n) is 7.03. The molecule has 0 aliphatic rings. The van der Waals surface area contributed by atoms with Gasteiger partial charge in [-0.05, 0) is 39.3 Å². The number of nitrogens with zero attached hydrogens (tertiary/aromatic N) is 2. The predicted octanol–water partition coefficient (Wildman–Crippen LogP) is 2.95. The van der Waals surface area contributed by atoms with E-state index in [1.165, 1.54) is 0 Å². The first kappa shape index (κ1) is 15.5. The fraction of sp³-hybridized carbons (Fsp3) is 0.600. The third-order valence-corrected chi connectivity index (χ3v) is 3.11. The van der Waals surface area contributed by atoms with Crippen molar-refractivity contribution in [2.24, 2.45) is 0 Å². The van der Waals surface area contributed by atoms with Gasteiger partial charge in [0.25, 0.3) is 5.91 Å². The highest BCUT2D eigenvalue weighted by atomic mass is 16.2. The van der Waals surface area contributed by atoms with Crippen LogP contribution in [0.2, 0.25) is 0 Å². The van der Waals surface area contributed by atoms with Crippen molar-refractivity contribution in [3.05, 3.63) is 23.4 Å². The Morgan fingerprint density at radius 2 is 2.05 bits per heavy atom. The van der Waals surface area contributed by atoms with Gasteiger partial charge in [-0.25, -0.2) is 4.98 Å². The molecular weight excluding hydrogens is 238 g/mol. The molecule has 0 bridgehead atoms. The average molecular weight is 263 g/mol. The summed E-state index contributed by atoms with van der Waals surface area (Å²) in [7, 11) is 1.83. The third-order valence-electron chi connectivity index (χ3n) is 3.11. The van der Waals surface area contributed by atoms with Crippen LogP contribution in [0.1, 0.15) is 50.2 Å². The second-order valence-electron chi connectivity index (χ2n) is 4.92. The second kappa shape index (κ2) is 7.12. The van der Waals surface area contributed by atoms with Gasteiger partial charge in [-0.15, -0.1) is 0 Å². The number of carbonyl (C=O) groups excluding carboxylic acids is 1. The third kappa shape index (κ3) is 3.94. The number of nitrogens with one attached hydrogen (secondary N) is 1. The molecule has 0 aromatic carbocycles. The summed E-state index contributed by atoms with van der Waals surface area (Å²) in [5.74, 6) is 0.836. The first-order chi connectivity index (χ1) is 9.03. The van der Waals surface area contributed by atoms with E-state index in [1.807, 2.05) is 44.9 Å². The number of hydrogen-bond acceptors (Lipinski definition) is 3. The van der Waals surface area contributed by atoms with Gasteiger partial charge in [-0.1, -0.05) is 13.3 Å². The number of aromatic nitrogens is 1. The van der Waals surface area contributed by atoms with Crippen molar-refractivity contribution in [1.29, 1.82) is 0 Å². The van der Waals surface area contributed by atoms with Crippen molar-refractivity contribution in [3.8, 4) is 0 Å². The van der Waals surface area contributed by atoms with E-state index in [-0.39, 0.29) is 11.9 Å². The monoisotopic (exact) mass is 263 g/mol. The second-order valence-corrected chi connectivity index (χ2v) is 4.92. The highest BCUT2D eigenvalue weighted by Crippen LogP contribution is 2.15. The molecule has 19 heavy (non-hydrogen) atoms. The van der Waals surface area contributed by atoms with Crippen LogP contribution in [0.3, 0.4) is 0 Å². The Balaban J connectivity index is 3.10. The van der Waals surface area contributed by atoms with Gasteiger partial charge in [-0.3, -0.25) is 4.79 Å². The molecule has 1 rings (SSSR count). The molecule has 0 unspecified atom stereocenters. The van der Waals surface area contributed by atoms with Crippen molar-refractivity contribution in [3.63, 3.8) is 0 Å². The molecule has 1 heterocycles. The maximum absolute atomic E-state index is 12.5. The van der Waals surface area contributed by atoms with Crippen molar-refractivity contribution in [2.45, 2.75) is 46.6 Å². The minimum atomic E-state index is 0.0775. The van der Waals surface area contributed by atoms with E-state index >= 15 is 0 Å². The molecule has 106 valence electrons. The molecule has 0 saturated heterocycles. The van der Waals surface area contributed by atoms with E-state index in [0.29, 0.717) is 0 Å². The number of rotatable bonds is 6. The van der Waals surface area contributed by atoms with Crippen LogP contribution in [0, 0.1) is 0 Å². The summed E-state index contributed by atoms with van der Waals surface area (Å²) in [5, 5.41) is 3.03. The van der Waals surface area contributed by atoms with Gasteiger partial charge >= 0.3 is 0 Å². The largest absolute Gasteiger partial charge is 0.373 e. The van der Waals surface area contributed by atoms with Crippen LogP contribution >= 0.6 is 0 Å². The fourth-order valence-electron chi connectivity index (χ4n) is 2.13. The molecule has 0 radical (unpaired) electrons. The molecule has 1 amide bonds. The lowest BCUT2D eigenvalue weighted by molar-refractivity contribution is 0.0716. The van der Waals surface area contributed by atoms with Gasteiger partial charge in [0.15, 0.2) is 0 Å². The summed E-state index contributed by atoms with van der Waals surface area (Å²) in [6.45, 7) is 8.91. The van der Waals surface area contributed by atoms with Gasteiger partial charge in [-0.2, -0.15) is 0 Å². The topological polar surface area (TPSA) is 45.2 Å². The minimum absolute atomic E-state index is 0.0775. The van der Waals surface area contributed by atoms with Gasteiger partial charge in [0.1, 0.15) is 5.82 Å².